The first-order valence-corrected chi connectivity index (χ1v) is 6.45. The minimum absolute atomic E-state index is 0.0783. The third kappa shape index (κ3) is 4.37. The summed E-state index contributed by atoms with van der Waals surface area (Å²) < 4.78 is 0. The molecule has 1 aliphatic carbocycles. The lowest BCUT2D eigenvalue weighted by molar-refractivity contribution is -0.120. The SMILES string of the molecule is O=C(CNC(=O)c1ccccc1)NCC(O)C1CC1. The second kappa shape index (κ2) is 6.33. The van der Waals surface area contributed by atoms with E-state index in [2.05, 4.69) is 10.6 Å². The van der Waals surface area contributed by atoms with Crippen LogP contribution in [-0.2, 0) is 4.79 Å². The Balaban J connectivity index is 1.67. The predicted molar refractivity (Wildman–Crippen MR) is 70.5 cm³/mol. The number of carbonyl (C=O) groups is 2. The molecule has 1 aliphatic rings. The zero-order chi connectivity index (χ0) is 13.7. The number of benzene rings is 1. The van der Waals surface area contributed by atoms with Crippen LogP contribution in [0.15, 0.2) is 30.3 Å². The average molecular weight is 262 g/mol. The van der Waals surface area contributed by atoms with Gasteiger partial charge in [-0.15, -0.1) is 0 Å². The van der Waals surface area contributed by atoms with Crippen molar-refractivity contribution in [2.75, 3.05) is 13.1 Å². The summed E-state index contributed by atoms with van der Waals surface area (Å²) in [5.74, 6) is -0.235. The Labute approximate surface area is 112 Å². The number of aliphatic hydroxyl groups is 1. The molecule has 102 valence electrons. The van der Waals surface area contributed by atoms with Crippen molar-refractivity contribution in [3.05, 3.63) is 35.9 Å². The molecular weight excluding hydrogens is 244 g/mol. The zero-order valence-electron chi connectivity index (χ0n) is 10.6. The van der Waals surface area contributed by atoms with Gasteiger partial charge in [0.05, 0.1) is 12.6 Å². The van der Waals surface area contributed by atoms with Gasteiger partial charge >= 0.3 is 0 Å². The summed E-state index contributed by atoms with van der Waals surface area (Å²) in [5.41, 5.74) is 0.522. The minimum atomic E-state index is -0.464. The Morgan fingerprint density at radius 2 is 1.89 bits per heavy atom. The van der Waals surface area contributed by atoms with E-state index < -0.39 is 6.10 Å². The quantitative estimate of drug-likeness (QED) is 0.690. The van der Waals surface area contributed by atoms with Crippen molar-refractivity contribution < 1.29 is 14.7 Å². The number of carbonyl (C=O) groups excluding carboxylic acids is 2. The molecule has 0 saturated heterocycles. The smallest absolute Gasteiger partial charge is 0.251 e. The van der Waals surface area contributed by atoms with Crippen LogP contribution in [0.2, 0.25) is 0 Å². The second-order valence-corrected chi connectivity index (χ2v) is 4.76. The third-order valence-corrected chi connectivity index (χ3v) is 3.12. The van der Waals surface area contributed by atoms with Crippen molar-refractivity contribution in [2.45, 2.75) is 18.9 Å². The van der Waals surface area contributed by atoms with E-state index in [0.717, 1.165) is 12.8 Å². The molecule has 19 heavy (non-hydrogen) atoms. The molecule has 1 aromatic carbocycles. The van der Waals surface area contributed by atoms with E-state index in [1.807, 2.05) is 6.07 Å². The summed E-state index contributed by atoms with van der Waals surface area (Å²) in [4.78, 5) is 23.2. The largest absolute Gasteiger partial charge is 0.391 e. The number of hydrogen-bond donors (Lipinski definition) is 3. The Kier molecular flexibility index (Phi) is 4.52. The highest BCUT2D eigenvalue weighted by atomic mass is 16.3. The van der Waals surface area contributed by atoms with Gasteiger partial charge in [0.25, 0.3) is 5.91 Å². The number of nitrogens with one attached hydrogen (secondary N) is 2. The first-order chi connectivity index (χ1) is 9.16. The Hall–Kier alpha value is -1.88. The van der Waals surface area contributed by atoms with E-state index in [1.165, 1.54) is 0 Å². The molecule has 2 rings (SSSR count). The van der Waals surface area contributed by atoms with E-state index in [9.17, 15) is 14.7 Å². The molecule has 5 nitrogen and oxygen atoms in total. The Bertz CT molecular complexity index is 443. The molecule has 1 atom stereocenters. The number of rotatable bonds is 6. The van der Waals surface area contributed by atoms with Crippen LogP contribution in [0.25, 0.3) is 0 Å². The van der Waals surface area contributed by atoms with Crippen LogP contribution in [0.1, 0.15) is 23.2 Å². The molecule has 0 bridgehead atoms. The van der Waals surface area contributed by atoms with Crippen LogP contribution in [0.3, 0.4) is 0 Å². The van der Waals surface area contributed by atoms with Crippen molar-refractivity contribution in [1.82, 2.24) is 10.6 Å². The van der Waals surface area contributed by atoms with Crippen LogP contribution < -0.4 is 10.6 Å². The van der Waals surface area contributed by atoms with Crippen molar-refractivity contribution in [2.24, 2.45) is 5.92 Å². The second-order valence-electron chi connectivity index (χ2n) is 4.76. The lowest BCUT2D eigenvalue weighted by Crippen LogP contribution is -2.40. The van der Waals surface area contributed by atoms with Gasteiger partial charge < -0.3 is 15.7 Å². The van der Waals surface area contributed by atoms with Gasteiger partial charge in [-0.05, 0) is 30.9 Å². The van der Waals surface area contributed by atoms with Crippen molar-refractivity contribution in [1.29, 1.82) is 0 Å². The number of hydrogen-bond acceptors (Lipinski definition) is 3. The van der Waals surface area contributed by atoms with Crippen LogP contribution in [0, 0.1) is 5.92 Å². The van der Waals surface area contributed by atoms with Gasteiger partial charge in [0.2, 0.25) is 5.91 Å². The maximum Gasteiger partial charge on any atom is 0.251 e. The van der Waals surface area contributed by atoms with Gasteiger partial charge in [0.1, 0.15) is 0 Å². The minimum Gasteiger partial charge on any atom is -0.391 e. The zero-order valence-corrected chi connectivity index (χ0v) is 10.6. The Morgan fingerprint density at radius 1 is 1.21 bits per heavy atom. The van der Waals surface area contributed by atoms with Crippen molar-refractivity contribution in [3.8, 4) is 0 Å². The first-order valence-electron chi connectivity index (χ1n) is 6.45. The standard InChI is InChI=1S/C14H18N2O3/c17-12(10-6-7-10)8-15-13(18)9-16-14(19)11-4-2-1-3-5-11/h1-5,10,12,17H,6-9H2,(H,15,18)(H,16,19). The normalized spacial score (nSPS) is 15.6. The van der Waals surface area contributed by atoms with Crippen LogP contribution in [-0.4, -0.2) is 36.1 Å². The van der Waals surface area contributed by atoms with Gasteiger partial charge in [-0.1, -0.05) is 18.2 Å². The maximum atomic E-state index is 11.7. The molecule has 1 aromatic rings. The highest BCUT2D eigenvalue weighted by molar-refractivity contribution is 5.96. The monoisotopic (exact) mass is 262 g/mol. The fourth-order valence-corrected chi connectivity index (χ4v) is 1.78. The van der Waals surface area contributed by atoms with E-state index in [4.69, 9.17) is 0 Å². The summed E-state index contributed by atoms with van der Waals surface area (Å²) in [7, 11) is 0. The summed E-state index contributed by atoms with van der Waals surface area (Å²) in [6.07, 6.45) is 1.59. The molecule has 0 spiro atoms. The first kappa shape index (κ1) is 13.5. The molecule has 0 radical (unpaired) electrons. The van der Waals surface area contributed by atoms with E-state index in [0.29, 0.717) is 11.5 Å². The van der Waals surface area contributed by atoms with E-state index in [-0.39, 0.29) is 24.9 Å². The molecule has 1 fully saturated rings. The molecule has 2 amide bonds. The van der Waals surface area contributed by atoms with E-state index >= 15 is 0 Å². The molecule has 1 unspecified atom stereocenters. The molecular formula is C14H18N2O3. The molecule has 3 N–H and O–H groups in total. The molecule has 5 heteroatoms. The van der Waals surface area contributed by atoms with Gasteiger partial charge in [0, 0.05) is 12.1 Å². The van der Waals surface area contributed by atoms with Gasteiger partial charge in [0.15, 0.2) is 0 Å². The lowest BCUT2D eigenvalue weighted by atomic mass is 10.2. The predicted octanol–water partition coefficient (Wildman–Crippen LogP) is 0.303. The van der Waals surface area contributed by atoms with Gasteiger partial charge in [-0.2, -0.15) is 0 Å². The average Bonchev–Trinajstić information content (AvgIpc) is 3.27. The van der Waals surface area contributed by atoms with Gasteiger partial charge in [-0.3, -0.25) is 9.59 Å². The molecule has 0 aromatic heterocycles. The molecule has 0 heterocycles. The molecule has 1 saturated carbocycles. The molecule has 0 aliphatic heterocycles. The van der Waals surface area contributed by atoms with Crippen molar-refractivity contribution in [3.63, 3.8) is 0 Å². The topological polar surface area (TPSA) is 78.4 Å². The fraction of sp³-hybridized carbons (Fsp3) is 0.429. The van der Waals surface area contributed by atoms with Crippen molar-refractivity contribution >= 4 is 11.8 Å². The van der Waals surface area contributed by atoms with Crippen LogP contribution in [0.4, 0.5) is 0 Å². The van der Waals surface area contributed by atoms with Gasteiger partial charge in [-0.25, -0.2) is 0 Å². The summed E-state index contributed by atoms with van der Waals surface area (Å²) >= 11 is 0. The third-order valence-electron chi connectivity index (χ3n) is 3.12. The number of aliphatic hydroxyl groups excluding tert-OH is 1. The lowest BCUT2D eigenvalue weighted by Gasteiger charge is -2.11. The van der Waals surface area contributed by atoms with Crippen LogP contribution in [0.5, 0.6) is 0 Å². The van der Waals surface area contributed by atoms with E-state index in [1.54, 1.807) is 24.3 Å². The maximum absolute atomic E-state index is 11.7. The summed E-state index contributed by atoms with van der Waals surface area (Å²) in [6, 6.07) is 8.72. The fourth-order valence-electron chi connectivity index (χ4n) is 1.78. The summed E-state index contributed by atoms with van der Waals surface area (Å²) in [5, 5.41) is 14.7. The Morgan fingerprint density at radius 3 is 2.53 bits per heavy atom. The number of amides is 2. The van der Waals surface area contributed by atoms with Crippen LogP contribution >= 0.6 is 0 Å². The highest BCUT2D eigenvalue weighted by Crippen LogP contribution is 2.32. The highest BCUT2D eigenvalue weighted by Gasteiger charge is 2.29. The summed E-state index contributed by atoms with van der Waals surface area (Å²) in [6.45, 7) is 0.176.